The van der Waals surface area contributed by atoms with Crippen molar-refractivity contribution < 1.29 is 37.5 Å². The molecule has 5 rings (SSSR count). The number of ether oxygens (including phenoxy) is 2. The zero-order valence-electron chi connectivity index (χ0n) is 22.2. The smallest absolute Gasteiger partial charge is 0.422 e. The predicted octanol–water partition coefficient (Wildman–Crippen LogP) is 5.19. The minimum Gasteiger partial charge on any atom is -0.490 e. The first-order valence-electron chi connectivity index (χ1n) is 13.2. The standard InChI is InChI=1S/C29H29F2N3O6/c1-29(2)27(36)33(28(37)40-29)22-7-8-23(31)25(14-22)38-16-17-3-5-19(6-4-17)26(35)34-24(9-10-39-34)20-11-18(15-32)12-21(30)13-20/h7-8,11-14,17,19,24H,3-6,9-10,16H2,1-2H3/t17?,19?,24-/m0/s1. The molecule has 0 unspecified atom stereocenters. The van der Waals surface area contributed by atoms with Gasteiger partial charge in [0.15, 0.2) is 17.2 Å². The highest BCUT2D eigenvalue weighted by molar-refractivity contribution is 6.19. The van der Waals surface area contributed by atoms with Gasteiger partial charge in [-0.3, -0.25) is 14.4 Å². The first-order chi connectivity index (χ1) is 19.1. The summed E-state index contributed by atoms with van der Waals surface area (Å²) in [7, 11) is 0. The number of hydroxylamine groups is 2. The summed E-state index contributed by atoms with van der Waals surface area (Å²) in [5, 5.41) is 10.5. The summed E-state index contributed by atoms with van der Waals surface area (Å²) in [6.07, 6.45) is 2.17. The second-order valence-electron chi connectivity index (χ2n) is 10.8. The van der Waals surface area contributed by atoms with Gasteiger partial charge in [-0.05, 0) is 81.3 Å². The Kier molecular flexibility index (Phi) is 7.47. The highest BCUT2D eigenvalue weighted by Gasteiger charge is 2.48. The lowest BCUT2D eigenvalue weighted by Crippen LogP contribution is -2.37. The zero-order valence-corrected chi connectivity index (χ0v) is 22.2. The molecule has 1 saturated carbocycles. The zero-order chi connectivity index (χ0) is 28.6. The minimum atomic E-state index is -1.31. The third-order valence-electron chi connectivity index (χ3n) is 7.64. The molecule has 2 saturated heterocycles. The Hall–Kier alpha value is -4.04. The van der Waals surface area contributed by atoms with E-state index >= 15 is 0 Å². The van der Waals surface area contributed by atoms with Crippen molar-refractivity contribution in [1.29, 1.82) is 5.26 Å². The number of hydrogen-bond donors (Lipinski definition) is 0. The van der Waals surface area contributed by atoms with Crippen LogP contribution in [0.1, 0.15) is 63.1 Å². The van der Waals surface area contributed by atoms with Crippen LogP contribution in [0, 0.1) is 34.8 Å². The summed E-state index contributed by atoms with van der Waals surface area (Å²) in [4.78, 5) is 44.5. The third-order valence-corrected chi connectivity index (χ3v) is 7.64. The van der Waals surface area contributed by atoms with Crippen molar-refractivity contribution in [3.63, 3.8) is 0 Å². The fourth-order valence-corrected chi connectivity index (χ4v) is 5.45. The number of cyclic esters (lactones) is 1. The molecule has 40 heavy (non-hydrogen) atoms. The monoisotopic (exact) mass is 553 g/mol. The van der Waals surface area contributed by atoms with E-state index in [2.05, 4.69) is 0 Å². The van der Waals surface area contributed by atoms with E-state index in [9.17, 15) is 28.4 Å². The minimum absolute atomic E-state index is 0.0705. The maximum Gasteiger partial charge on any atom is 0.422 e. The topological polar surface area (TPSA) is 109 Å². The van der Waals surface area contributed by atoms with Crippen LogP contribution in [0.3, 0.4) is 0 Å². The average Bonchev–Trinajstić information content (AvgIpc) is 3.50. The van der Waals surface area contributed by atoms with Crippen LogP contribution < -0.4 is 9.64 Å². The van der Waals surface area contributed by atoms with E-state index in [1.54, 1.807) is 6.07 Å². The van der Waals surface area contributed by atoms with Crippen LogP contribution in [0.2, 0.25) is 0 Å². The fourth-order valence-electron chi connectivity index (χ4n) is 5.45. The van der Waals surface area contributed by atoms with Crippen molar-refractivity contribution >= 4 is 23.6 Å². The van der Waals surface area contributed by atoms with Crippen LogP contribution in [0.4, 0.5) is 19.3 Å². The molecule has 0 spiro atoms. The Morgan fingerprint density at radius 2 is 1.85 bits per heavy atom. The van der Waals surface area contributed by atoms with Crippen molar-refractivity contribution in [2.75, 3.05) is 18.1 Å². The number of imide groups is 1. The molecule has 11 heteroatoms. The lowest BCUT2D eigenvalue weighted by Gasteiger charge is -2.32. The molecule has 2 aliphatic heterocycles. The summed E-state index contributed by atoms with van der Waals surface area (Å²) in [6, 6.07) is 9.29. The second kappa shape index (κ2) is 10.8. The molecule has 2 aromatic rings. The summed E-state index contributed by atoms with van der Waals surface area (Å²) in [5.41, 5.74) is -0.431. The molecule has 1 aliphatic carbocycles. The average molecular weight is 554 g/mol. The van der Waals surface area contributed by atoms with Gasteiger partial charge in [0.05, 0.1) is 36.6 Å². The number of nitriles is 1. The van der Waals surface area contributed by atoms with Gasteiger partial charge in [-0.15, -0.1) is 0 Å². The van der Waals surface area contributed by atoms with Crippen LogP contribution in [0.5, 0.6) is 5.75 Å². The maximum atomic E-state index is 14.5. The van der Waals surface area contributed by atoms with E-state index in [1.807, 2.05) is 6.07 Å². The van der Waals surface area contributed by atoms with E-state index < -0.39 is 35.3 Å². The van der Waals surface area contributed by atoms with E-state index in [0.29, 0.717) is 44.3 Å². The van der Waals surface area contributed by atoms with Crippen molar-refractivity contribution in [3.05, 3.63) is 59.2 Å². The van der Waals surface area contributed by atoms with Gasteiger partial charge in [0, 0.05) is 18.4 Å². The molecule has 210 valence electrons. The molecule has 0 aromatic heterocycles. The lowest BCUT2D eigenvalue weighted by atomic mass is 9.81. The highest BCUT2D eigenvalue weighted by atomic mass is 19.1. The summed E-state index contributed by atoms with van der Waals surface area (Å²) in [6.45, 7) is 3.49. The molecule has 3 amide bonds. The van der Waals surface area contributed by atoms with E-state index in [4.69, 9.17) is 14.3 Å². The number of benzene rings is 2. The molecule has 0 N–H and O–H groups in total. The summed E-state index contributed by atoms with van der Waals surface area (Å²) in [5.74, 6) is -2.18. The largest absolute Gasteiger partial charge is 0.490 e. The lowest BCUT2D eigenvalue weighted by molar-refractivity contribution is -0.183. The van der Waals surface area contributed by atoms with E-state index in [0.717, 1.165) is 17.0 Å². The number of amides is 3. The first-order valence-corrected chi connectivity index (χ1v) is 13.2. The van der Waals surface area contributed by atoms with Crippen LogP contribution in [-0.4, -0.2) is 41.8 Å². The molecule has 2 aromatic carbocycles. The molecular weight excluding hydrogens is 524 g/mol. The molecule has 0 bridgehead atoms. The Balaban J connectivity index is 1.18. The fraction of sp³-hybridized carbons (Fsp3) is 0.448. The first kappa shape index (κ1) is 27.5. The Morgan fingerprint density at radius 1 is 1.10 bits per heavy atom. The Morgan fingerprint density at radius 3 is 2.52 bits per heavy atom. The Bertz CT molecular complexity index is 1380. The van der Waals surface area contributed by atoms with Gasteiger partial charge < -0.3 is 9.47 Å². The third kappa shape index (κ3) is 5.36. The van der Waals surface area contributed by atoms with Crippen molar-refractivity contribution in [1.82, 2.24) is 5.06 Å². The van der Waals surface area contributed by atoms with Gasteiger partial charge in [0.25, 0.3) is 5.91 Å². The number of rotatable bonds is 6. The molecule has 3 fully saturated rings. The van der Waals surface area contributed by atoms with Gasteiger partial charge >= 0.3 is 6.09 Å². The van der Waals surface area contributed by atoms with E-state index in [1.165, 1.54) is 37.1 Å². The summed E-state index contributed by atoms with van der Waals surface area (Å²) >= 11 is 0. The van der Waals surface area contributed by atoms with Crippen molar-refractivity contribution in [2.45, 2.75) is 57.6 Å². The van der Waals surface area contributed by atoms with Crippen LogP contribution >= 0.6 is 0 Å². The maximum absolute atomic E-state index is 14.5. The van der Waals surface area contributed by atoms with Crippen LogP contribution in [-0.2, 0) is 19.2 Å². The molecule has 1 atom stereocenters. The molecule has 2 heterocycles. The predicted molar refractivity (Wildman–Crippen MR) is 137 cm³/mol. The number of nitrogens with zero attached hydrogens (tertiary/aromatic N) is 3. The van der Waals surface area contributed by atoms with Crippen LogP contribution in [0.15, 0.2) is 36.4 Å². The van der Waals surface area contributed by atoms with Gasteiger partial charge in [-0.25, -0.2) is 23.5 Å². The molecular formula is C29H29F2N3O6. The van der Waals surface area contributed by atoms with Gasteiger partial charge in [-0.1, -0.05) is 0 Å². The van der Waals surface area contributed by atoms with E-state index in [-0.39, 0.29) is 41.4 Å². The SMILES string of the molecule is CC1(C)OC(=O)N(c2ccc(F)c(OCC3CCC(C(=O)N4OCC[C@H]4c4cc(F)cc(C#N)c4)CC3)c2)C1=O. The van der Waals surface area contributed by atoms with Crippen LogP contribution in [0.25, 0.3) is 0 Å². The normalized spacial score (nSPS) is 24.1. The number of anilines is 1. The Labute approximate surface area is 230 Å². The second-order valence-corrected chi connectivity index (χ2v) is 10.8. The molecule has 3 aliphatic rings. The summed E-state index contributed by atoms with van der Waals surface area (Å²) < 4.78 is 39.4. The molecule has 0 radical (unpaired) electrons. The number of carbonyl (C=O) groups excluding carboxylic acids is 3. The number of carbonyl (C=O) groups is 3. The van der Waals surface area contributed by atoms with Gasteiger partial charge in [0.2, 0.25) is 5.91 Å². The quantitative estimate of drug-likeness (QED) is 0.484. The number of hydrogen-bond acceptors (Lipinski definition) is 7. The highest BCUT2D eigenvalue weighted by Crippen LogP contribution is 2.37. The van der Waals surface area contributed by atoms with Crippen molar-refractivity contribution in [2.24, 2.45) is 11.8 Å². The van der Waals surface area contributed by atoms with Gasteiger partial charge in [0.1, 0.15) is 5.82 Å². The number of halogens is 2. The van der Waals surface area contributed by atoms with Gasteiger partial charge in [-0.2, -0.15) is 5.26 Å². The van der Waals surface area contributed by atoms with Crippen molar-refractivity contribution in [3.8, 4) is 11.8 Å². The molecule has 9 nitrogen and oxygen atoms in total.